The van der Waals surface area contributed by atoms with E-state index in [9.17, 15) is 9.59 Å². The number of halogens is 1. The van der Waals surface area contributed by atoms with E-state index in [1.165, 1.54) is 11.3 Å². The summed E-state index contributed by atoms with van der Waals surface area (Å²) in [6.45, 7) is 0. The summed E-state index contributed by atoms with van der Waals surface area (Å²) in [6, 6.07) is 3.78. The van der Waals surface area contributed by atoms with E-state index >= 15 is 0 Å². The van der Waals surface area contributed by atoms with E-state index in [1.54, 1.807) is 6.21 Å². The molecule has 1 aromatic heterocycles. The highest BCUT2D eigenvalue weighted by atomic mass is 79.9. The number of amides is 1. The number of nitrogens with one attached hydrogen (secondary N) is 1. The molecule has 1 aliphatic rings. The van der Waals surface area contributed by atoms with Crippen LogP contribution in [0, 0.1) is 0 Å². The lowest BCUT2D eigenvalue weighted by molar-refractivity contribution is -0.138. The maximum absolute atomic E-state index is 11.4. The van der Waals surface area contributed by atoms with Gasteiger partial charge in [-0.2, -0.15) is 5.10 Å². The molecule has 1 atom stereocenters. The van der Waals surface area contributed by atoms with Gasteiger partial charge in [0.15, 0.2) is 5.17 Å². The summed E-state index contributed by atoms with van der Waals surface area (Å²) in [7, 11) is 0. The van der Waals surface area contributed by atoms with Crippen LogP contribution >= 0.6 is 39.0 Å². The molecule has 1 fully saturated rings. The molecule has 1 aromatic rings. The Morgan fingerprint density at radius 3 is 3.00 bits per heavy atom. The smallest absolute Gasteiger partial charge is 0.305 e. The van der Waals surface area contributed by atoms with Crippen LogP contribution in [0.25, 0.3) is 0 Å². The highest BCUT2D eigenvalue weighted by Crippen LogP contribution is 2.23. The molecule has 0 spiro atoms. The normalized spacial score (nSPS) is 21.2. The fourth-order valence-electron chi connectivity index (χ4n) is 1.28. The summed E-state index contributed by atoms with van der Waals surface area (Å²) in [6.07, 6.45) is 1.34. The minimum Gasteiger partial charge on any atom is -0.481 e. The van der Waals surface area contributed by atoms with Crippen molar-refractivity contribution in [2.75, 3.05) is 0 Å². The average molecular weight is 362 g/mol. The van der Waals surface area contributed by atoms with Crippen LogP contribution in [0.15, 0.2) is 26.1 Å². The number of carboxylic acid groups (broad SMARTS) is 1. The monoisotopic (exact) mass is 361 g/mol. The number of hydrogen-bond donors (Lipinski definition) is 2. The molecule has 0 bridgehead atoms. The Labute approximate surface area is 125 Å². The number of carbonyl (C=O) groups is 2. The maximum atomic E-state index is 11.4. The zero-order chi connectivity index (χ0) is 13.8. The molecule has 0 aromatic carbocycles. The van der Waals surface area contributed by atoms with E-state index in [0.29, 0.717) is 5.17 Å². The van der Waals surface area contributed by atoms with Gasteiger partial charge in [-0.1, -0.05) is 11.8 Å². The molecule has 9 heteroatoms. The average Bonchev–Trinajstić information content (AvgIpc) is 2.86. The summed E-state index contributed by atoms with van der Waals surface area (Å²) < 4.78 is 0.992. The van der Waals surface area contributed by atoms with E-state index in [-0.39, 0.29) is 12.3 Å². The lowest BCUT2D eigenvalue weighted by Gasteiger charge is -1.97. The van der Waals surface area contributed by atoms with Crippen molar-refractivity contribution in [2.24, 2.45) is 10.2 Å². The Morgan fingerprint density at radius 1 is 1.58 bits per heavy atom. The summed E-state index contributed by atoms with van der Waals surface area (Å²) in [4.78, 5) is 22.9. The number of carboxylic acids is 1. The van der Waals surface area contributed by atoms with Gasteiger partial charge >= 0.3 is 5.97 Å². The van der Waals surface area contributed by atoms with Gasteiger partial charge in [0, 0.05) is 4.88 Å². The Morgan fingerprint density at radius 2 is 2.37 bits per heavy atom. The van der Waals surface area contributed by atoms with Crippen LogP contribution in [0.1, 0.15) is 11.3 Å². The van der Waals surface area contributed by atoms with Crippen LogP contribution in [0.2, 0.25) is 0 Å². The van der Waals surface area contributed by atoms with E-state index in [1.807, 2.05) is 12.1 Å². The van der Waals surface area contributed by atoms with Crippen molar-refractivity contribution in [2.45, 2.75) is 11.7 Å². The number of hydrogen-bond acceptors (Lipinski definition) is 6. The SMILES string of the molecule is O=C(O)C[C@@H]1S/C(=N\N=C/c2ccc(Br)s2)NC1=O. The molecule has 19 heavy (non-hydrogen) atoms. The van der Waals surface area contributed by atoms with E-state index < -0.39 is 11.2 Å². The van der Waals surface area contributed by atoms with Crippen molar-refractivity contribution < 1.29 is 14.7 Å². The highest BCUT2D eigenvalue weighted by Gasteiger charge is 2.32. The topological polar surface area (TPSA) is 91.1 Å². The molecule has 0 radical (unpaired) electrons. The highest BCUT2D eigenvalue weighted by molar-refractivity contribution is 9.11. The summed E-state index contributed by atoms with van der Waals surface area (Å²) >= 11 is 5.92. The van der Waals surface area contributed by atoms with Crippen LogP contribution in [-0.2, 0) is 9.59 Å². The number of carbonyl (C=O) groups excluding carboxylic acids is 1. The zero-order valence-electron chi connectivity index (χ0n) is 9.37. The van der Waals surface area contributed by atoms with Gasteiger partial charge in [-0.3, -0.25) is 9.59 Å². The predicted molar refractivity (Wildman–Crippen MR) is 78.8 cm³/mol. The first-order chi connectivity index (χ1) is 9.04. The third kappa shape index (κ3) is 4.15. The number of rotatable bonds is 4. The molecule has 1 amide bonds. The van der Waals surface area contributed by atoms with Gasteiger partial charge in [-0.25, -0.2) is 0 Å². The number of thiophene rings is 1. The van der Waals surface area contributed by atoms with Gasteiger partial charge < -0.3 is 10.4 Å². The molecular weight excluding hydrogens is 354 g/mol. The molecule has 6 nitrogen and oxygen atoms in total. The van der Waals surface area contributed by atoms with Crippen molar-refractivity contribution in [1.82, 2.24) is 5.32 Å². The number of nitrogens with zero attached hydrogens (tertiary/aromatic N) is 2. The number of aliphatic carboxylic acids is 1. The van der Waals surface area contributed by atoms with E-state index in [4.69, 9.17) is 5.11 Å². The van der Waals surface area contributed by atoms with Crippen LogP contribution in [0.3, 0.4) is 0 Å². The Balaban J connectivity index is 1.96. The summed E-state index contributed by atoms with van der Waals surface area (Å²) in [5.41, 5.74) is 0. The fourth-order valence-corrected chi connectivity index (χ4v) is 3.49. The Hall–Kier alpha value is -1.19. The number of amidine groups is 1. The minimum absolute atomic E-state index is 0.225. The van der Waals surface area contributed by atoms with Gasteiger partial charge in [-0.15, -0.1) is 16.4 Å². The summed E-state index contributed by atoms with van der Waals surface area (Å²) in [5.74, 6) is -1.36. The molecular formula is C10H8BrN3O3S2. The van der Waals surface area contributed by atoms with Gasteiger partial charge in [0.1, 0.15) is 5.25 Å². The van der Waals surface area contributed by atoms with Gasteiger partial charge in [0.2, 0.25) is 5.91 Å². The van der Waals surface area contributed by atoms with Crippen molar-refractivity contribution >= 4 is 62.3 Å². The largest absolute Gasteiger partial charge is 0.481 e. The van der Waals surface area contributed by atoms with Crippen LogP contribution in [0.4, 0.5) is 0 Å². The second kappa shape index (κ2) is 6.31. The molecule has 100 valence electrons. The Bertz CT molecular complexity index is 570. The minimum atomic E-state index is -1.01. The third-order valence-corrected chi connectivity index (χ3v) is 4.69. The van der Waals surface area contributed by atoms with Crippen LogP contribution in [-0.4, -0.2) is 33.6 Å². The molecule has 0 saturated carbocycles. The molecule has 1 saturated heterocycles. The van der Waals surface area contributed by atoms with Crippen LogP contribution in [0.5, 0.6) is 0 Å². The fraction of sp³-hybridized carbons (Fsp3) is 0.200. The lowest BCUT2D eigenvalue weighted by Crippen LogP contribution is -2.26. The van der Waals surface area contributed by atoms with Crippen LogP contribution < -0.4 is 5.32 Å². The first-order valence-electron chi connectivity index (χ1n) is 5.10. The summed E-state index contributed by atoms with van der Waals surface area (Å²) in [5, 5.41) is 18.5. The molecule has 0 aliphatic carbocycles. The molecule has 2 heterocycles. The van der Waals surface area contributed by atoms with Crippen molar-refractivity contribution in [3.63, 3.8) is 0 Å². The van der Waals surface area contributed by atoms with Gasteiger partial charge in [0.25, 0.3) is 0 Å². The zero-order valence-corrected chi connectivity index (χ0v) is 12.6. The van der Waals surface area contributed by atoms with E-state index in [0.717, 1.165) is 20.4 Å². The van der Waals surface area contributed by atoms with Crippen molar-refractivity contribution in [1.29, 1.82) is 0 Å². The molecule has 2 N–H and O–H groups in total. The standard InChI is InChI=1S/C10H8BrN3O3S2/c11-7-2-1-5(18-7)4-12-14-10-13-9(17)6(19-10)3-8(15)16/h1-2,4,6H,3H2,(H,15,16)(H,13,14,17)/b12-4-/t6-/m0/s1. The maximum Gasteiger partial charge on any atom is 0.305 e. The predicted octanol–water partition coefficient (Wildman–Crippen LogP) is 1.91. The first-order valence-corrected chi connectivity index (χ1v) is 7.59. The quantitative estimate of drug-likeness (QED) is 0.632. The lowest BCUT2D eigenvalue weighted by atomic mass is 10.3. The first kappa shape index (κ1) is 14.2. The van der Waals surface area contributed by atoms with Gasteiger partial charge in [-0.05, 0) is 28.1 Å². The molecule has 1 aliphatic heterocycles. The second-order valence-corrected chi connectivity index (χ2v) is 7.17. The molecule has 0 unspecified atom stereocenters. The van der Waals surface area contributed by atoms with Crippen molar-refractivity contribution in [3.05, 3.63) is 20.8 Å². The molecule has 2 rings (SSSR count). The number of thioether (sulfide) groups is 1. The van der Waals surface area contributed by atoms with E-state index in [2.05, 4.69) is 31.4 Å². The Kier molecular flexibility index (Phi) is 4.72. The van der Waals surface area contributed by atoms with Crippen molar-refractivity contribution in [3.8, 4) is 0 Å². The second-order valence-electron chi connectivity index (χ2n) is 3.49. The third-order valence-electron chi connectivity index (χ3n) is 2.06. The van der Waals surface area contributed by atoms with Gasteiger partial charge in [0.05, 0.1) is 16.4 Å².